The molecule has 2 aliphatic heterocycles. The number of anilines is 1. The number of amides is 2. The first kappa shape index (κ1) is 29.9. The zero-order valence-electron chi connectivity index (χ0n) is 24.2. The van der Waals surface area contributed by atoms with Gasteiger partial charge in [0.05, 0.1) is 23.3 Å². The Morgan fingerprint density at radius 2 is 1.73 bits per heavy atom. The first-order valence-corrected chi connectivity index (χ1v) is 14.6. The number of carboxylic acids is 1. The Hall–Kier alpha value is -5.10. The number of ketones is 1. The summed E-state index contributed by atoms with van der Waals surface area (Å²) in [7, 11) is 1.76. The van der Waals surface area contributed by atoms with Crippen molar-refractivity contribution >= 4 is 40.9 Å². The number of piperazine rings is 1. The van der Waals surface area contributed by atoms with Crippen LogP contribution in [0.25, 0.3) is 5.69 Å². The van der Waals surface area contributed by atoms with Gasteiger partial charge in [0.25, 0.3) is 5.91 Å². The third-order valence-electron chi connectivity index (χ3n) is 8.23. The molecule has 2 aliphatic rings. The van der Waals surface area contributed by atoms with Gasteiger partial charge in [-0.25, -0.2) is 13.9 Å². The number of likely N-dealkylation sites (N-methyl/N-ethyl adjacent to an activating group) is 1. The molecular weight excluding hydrogens is 603 g/mol. The van der Waals surface area contributed by atoms with E-state index in [-0.39, 0.29) is 53.2 Å². The van der Waals surface area contributed by atoms with E-state index in [0.717, 1.165) is 15.9 Å². The summed E-state index contributed by atoms with van der Waals surface area (Å²) in [5.41, 5.74) is 2.97. The highest BCUT2D eigenvalue weighted by atomic mass is 35.5. The minimum atomic E-state index is -1.08. The topological polar surface area (TPSA) is 129 Å². The van der Waals surface area contributed by atoms with Gasteiger partial charge in [-0.1, -0.05) is 47.1 Å². The second kappa shape index (κ2) is 12.1. The number of carbonyl (C=O) groups is 4. The summed E-state index contributed by atoms with van der Waals surface area (Å²) >= 11 is 5.93. The Kier molecular flexibility index (Phi) is 8.07. The number of fused-ring (bicyclic) bond motifs is 1. The molecule has 0 spiro atoms. The quantitative estimate of drug-likeness (QED) is 0.328. The monoisotopic (exact) mass is 630 g/mol. The van der Waals surface area contributed by atoms with Crippen LogP contribution < -0.4 is 4.90 Å². The average Bonchev–Trinajstić information content (AvgIpc) is 3.53. The Balaban J connectivity index is 1.36. The molecule has 1 fully saturated rings. The van der Waals surface area contributed by atoms with E-state index in [4.69, 9.17) is 11.6 Å². The molecule has 1 atom stereocenters. The van der Waals surface area contributed by atoms with Gasteiger partial charge in [0.2, 0.25) is 5.91 Å². The Labute approximate surface area is 262 Å². The van der Waals surface area contributed by atoms with Crippen molar-refractivity contribution in [2.45, 2.75) is 18.9 Å². The number of nitrogens with zero attached hydrogens (tertiary/aromatic N) is 6. The molecule has 0 saturated carbocycles. The van der Waals surface area contributed by atoms with Crippen LogP contribution in [-0.4, -0.2) is 86.7 Å². The summed E-state index contributed by atoms with van der Waals surface area (Å²) in [5, 5.41) is 17.1. The predicted molar refractivity (Wildman–Crippen MR) is 162 cm³/mol. The van der Waals surface area contributed by atoms with Crippen LogP contribution in [0.15, 0.2) is 66.9 Å². The van der Waals surface area contributed by atoms with Crippen LogP contribution in [0.3, 0.4) is 0 Å². The van der Waals surface area contributed by atoms with Crippen LogP contribution in [0.1, 0.15) is 43.6 Å². The van der Waals surface area contributed by atoms with Crippen LogP contribution in [0.4, 0.5) is 10.1 Å². The van der Waals surface area contributed by atoms with Crippen molar-refractivity contribution in [3.8, 4) is 5.69 Å². The number of Topliss-reactive ketones (excluding diaryl/α,β-unsaturated/α-hetero) is 1. The summed E-state index contributed by atoms with van der Waals surface area (Å²) in [6.07, 6.45) is 1.66. The normalized spacial score (nSPS) is 16.5. The third-order valence-corrected chi connectivity index (χ3v) is 8.52. The molecular formula is C32H28ClFN6O5. The highest BCUT2D eigenvalue weighted by Gasteiger charge is 2.39. The summed E-state index contributed by atoms with van der Waals surface area (Å²) in [6, 6.07) is 15.0. The Morgan fingerprint density at radius 3 is 2.47 bits per heavy atom. The molecule has 3 aromatic carbocycles. The maximum absolute atomic E-state index is 14.7. The van der Waals surface area contributed by atoms with E-state index in [1.807, 2.05) is 23.1 Å². The molecule has 0 unspecified atom stereocenters. The molecule has 6 rings (SSSR count). The van der Waals surface area contributed by atoms with E-state index in [1.165, 1.54) is 35.4 Å². The van der Waals surface area contributed by atoms with Gasteiger partial charge in [-0.2, -0.15) is 0 Å². The number of rotatable bonds is 7. The molecule has 45 heavy (non-hydrogen) atoms. The standard InChI is InChI=1S/C32H28ClFN6O5/c1-37-14-15-38(18-28(37)42)25-6-2-4-22-21(25)12-13-39(30(22)27(41)16-19-8-10-20(11-9-19)32(44)45)31(43)24-17-40(36-35-24)26-7-3-5-23(33)29(26)34/h2-11,17,30H,12-16,18H2,1H3,(H,44,45)/t30-/m1/s1. The Morgan fingerprint density at radius 1 is 1.00 bits per heavy atom. The highest BCUT2D eigenvalue weighted by molar-refractivity contribution is 6.30. The van der Waals surface area contributed by atoms with Crippen molar-refractivity contribution in [2.24, 2.45) is 0 Å². The van der Waals surface area contributed by atoms with Gasteiger partial charge in [-0.05, 0) is 53.4 Å². The van der Waals surface area contributed by atoms with Gasteiger partial charge in [-0.3, -0.25) is 14.4 Å². The SMILES string of the molecule is CN1CCN(c2cccc3c2CCN(C(=O)c2cn(-c4cccc(Cl)c4F)nn2)[C@H]3C(=O)Cc2ccc(C(=O)O)cc2)CC1=O. The maximum atomic E-state index is 14.7. The fraction of sp³-hybridized carbons (Fsp3) is 0.250. The van der Waals surface area contributed by atoms with E-state index in [9.17, 15) is 28.7 Å². The summed E-state index contributed by atoms with van der Waals surface area (Å²) in [5.74, 6) is -2.65. The van der Waals surface area contributed by atoms with Crippen molar-refractivity contribution < 1.29 is 28.7 Å². The second-order valence-electron chi connectivity index (χ2n) is 11.0. The van der Waals surface area contributed by atoms with Gasteiger partial charge < -0.3 is 19.8 Å². The van der Waals surface area contributed by atoms with Crippen molar-refractivity contribution in [1.29, 1.82) is 0 Å². The molecule has 3 heterocycles. The lowest BCUT2D eigenvalue weighted by Crippen LogP contribution is -2.49. The smallest absolute Gasteiger partial charge is 0.335 e. The molecule has 13 heteroatoms. The first-order valence-electron chi connectivity index (χ1n) is 14.3. The molecule has 0 bridgehead atoms. The number of hydrogen-bond donors (Lipinski definition) is 1. The van der Waals surface area contributed by atoms with Gasteiger partial charge in [0.1, 0.15) is 11.7 Å². The lowest BCUT2D eigenvalue weighted by atomic mass is 9.86. The van der Waals surface area contributed by atoms with Crippen LogP contribution in [0.2, 0.25) is 5.02 Å². The minimum absolute atomic E-state index is 0.0110. The van der Waals surface area contributed by atoms with Crippen LogP contribution in [-0.2, 0) is 22.4 Å². The lowest BCUT2D eigenvalue weighted by Gasteiger charge is -2.40. The molecule has 1 N–H and O–H groups in total. The fourth-order valence-corrected chi connectivity index (χ4v) is 6.00. The molecule has 0 radical (unpaired) electrons. The van der Waals surface area contributed by atoms with Gasteiger partial charge in [-0.15, -0.1) is 5.10 Å². The molecule has 0 aliphatic carbocycles. The minimum Gasteiger partial charge on any atom is -0.478 e. The summed E-state index contributed by atoms with van der Waals surface area (Å²) in [4.78, 5) is 57.0. The van der Waals surface area contributed by atoms with Crippen molar-refractivity contribution in [3.63, 3.8) is 0 Å². The lowest BCUT2D eigenvalue weighted by molar-refractivity contribution is -0.129. The van der Waals surface area contributed by atoms with Gasteiger partial charge in [0, 0.05) is 38.8 Å². The summed E-state index contributed by atoms with van der Waals surface area (Å²) < 4.78 is 15.8. The number of aromatic nitrogens is 3. The van der Waals surface area contributed by atoms with E-state index in [1.54, 1.807) is 30.1 Å². The molecule has 2 amide bonds. The van der Waals surface area contributed by atoms with Crippen LogP contribution in [0.5, 0.6) is 0 Å². The second-order valence-corrected chi connectivity index (χ2v) is 11.4. The maximum Gasteiger partial charge on any atom is 0.335 e. The number of carbonyl (C=O) groups excluding carboxylic acids is 3. The predicted octanol–water partition coefficient (Wildman–Crippen LogP) is 3.59. The van der Waals surface area contributed by atoms with E-state index < -0.39 is 23.7 Å². The van der Waals surface area contributed by atoms with Gasteiger partial charge >= 0.3 is 5.97 Å². The number of halogens is 2. The number of carboxylic acid groups (broad SMARTS) is 1. The molecule has 1 saturated heterocycles. The fourth-order valence-electron chi connectivity index (χ4n) is 5.84. The van der Waals surface area contributed by atoms with E-state index >= 15 is 0 Å². The van der Waals surface area contributed by atoms with Crippen molar-refractivity contribution in [3.05, 3.63) is 106 Å². The molecule has 1 aromatic heterocycles. The van der Waals surface area contributed by atoms with Crippen molar-refractivity contribution in [2.75, 3.05) is 38.1 Å². The number of hydrogen-bond acceptors (Lipinski definition) is 7. The van der Waals surface area contributed by atoms with Crippen molar-refractivity contribution in [1.82, 2.24) is 24.8 Å². The average molecular weight is 631 g/mol. The van der Waals surface area contributed by atoms with Crippen LogP contribution >= 0.6 is 11.6 Å². The molecule has 4 aromatic rings. The first-order chi connectivity index (χ1) is 21.6. The Bertz CT molecular complexity index is 1830. The zero-order valence-corrected chi connectivity index (χ0v) is 24.9. The number of benzene rings is 3. The molecule has 11 nitrogen and oxygen atoms in total. The number of aromatic carboxylic acids is 1. The largest absolute Gasteiger partial charge is 0.478 e. The zero-order chi connectivity index (χ0) is 31.8. The highest BCUT2D eigenvalue weighted by Crippen LogP contribution is 2.38. The van der Waals surface area contributed by atoms with E-state index in [2.05, 4.69) is 10.3 Å². The van der Waals surface area contributed by atoms with E-state index in [0.29, 0.717) is 30.6 Å². The molecule has 230 valence electrons. The third kappa shape index (κ3) is 5.76. The van der Waals surface area contributed by atoms with Crippen LogP contribution in [0, 0.1) is 5.82 Å². The van der Waals surface area contributed by atoms with Gasteiger partial charge in [0.15, 0.2) is 17.3 Å². The summed E-state index contributed by atoms with van der Waals surface area (Å²) in [6.45, 7) is 1.56.